The van der Waals surface area contributed by atoms with Gasteiger partial charge in [0.25, 0.3) is 0 Å². The van der Waals surface area contributed by atoms with Crippen LogP contribution in [0.4, 0.5) is 4.39 Å². The largest absolute Gasteiger partial charge is 0.207 e. The van der Waals surface area contributed by atoms with Crippen molar-refractivity contribution in [3.05, 3.63) is 35.1 Å². The molecular formula is C13H14FN. The predicted octanol–water partition coefficient (Wildman–Crippen LogP) is 3.47. The maximum absolute atomic E-state index is 13.3. The minimum atomic E-state index is -0.424. The third-order valence-corrected chi connectivity index (χ3v) is 3.27. The fraction of sp³-hybridized carbons (Fsp3) is 0.462. The molecule has 2 heteroatoms. The molecule has 1 nitrogen and oxygen atoms in total. The van der Waals surface area contributed by atoms with Crippen molar-refractivity contribution in [1.82, 2.24) is 0 Å². The molecule has 0 atom stereocenters. The quantitative estimate of drug-likeness (QED) is 0.685. The van der Waals surface area contributed by atoms with Gasteiger partial charge in [-0.2, -0.15) is 5.26 Å². The lowest BCUT2D eigenvalue weighted by molar-refractivity contribution is 0.559. The zero-order valence-corrected chi connectivity index (χ0v) is 8.89. The van der Waals surface area contributed by atoms with E-state index in [1.54, 1.807) is 0 Å². The summed E-state index contributed by atoms with van der Waals surface area (Å²) in [6.45, 7) is 1.87. The van der Waals surface area contributed by atoms with Gasteiger partial charge in [-0.05, 0) is 43.0 Å². The zero-order chi connectivity index (χ0) is 10.9. The molecule has 0 amide bonds. The lowest BCUT2D eigenvalue weighted by Gasteiger charge is -2.21. The van der Waals surface area contributed by atoms with Crippen LogP contribution in [0.3, 0.4) is 0 Å². The molecule has 2 rings (SSSR count). The molecule has 1 aliphatic rings. The molecule has 0 saturated heterocycles. The third kappa shape index (κ3) is 1.74. The monoisotopic (exact) mass is 203 g/mol. The first-order valence-electron chi connectivity index (χ1n) is 5.35. The minimum Gasteiger partial charge on any atom is -0.207 e. The number of rotatable bonds is 1. The summed E-state index contributed by atoms with van der Waals surface area (Å²) in [5.74, 6) is -0.230. The van der Waals surface area contributed by atoms with Crippen LogP contribution in [0.25, 0.3) is 0 Å². The molecule has 1 saturated carbocycles. The molecule has 0 radical (unpaired) electrons. The molecule has 1 aliphatic carbocycles. The second-order valence-corrected chi connectivity index (χ2v) is 4.42. The van der Waals surface area contributed by atoms with Gasteiger partial charge in [-0.3, -0.25) is 0 Å². The summed E-state index contributed by atoms with van der Waals surface area (Å²) in [5, 5.41) is 9.28. The predicted molar refractivity (Wildman–Crippen MR) is 56.9 cm³/mol. The Morgan fingerprint density at radius 2 is 1.93 bits per heavy atom. The molecule has 1 fully saturated rings. The first-order valence-corrected chi connectivity index (χ1v) is 5.35. The third-order valence-electron chi connectivity index (χ3n) is 3.27. The smallest absolute Gasteiger partial charge is 0.123 e. The number of halogens is 1. The summed E-state index contributed by atoms with van der Waals surface area (Å²) in [5.41, 5.74) is 1.33. The molecule has 0 bridgehead atoms. The Balaban J connectivity index is 2.48. The van der Waals surface area contributed by atoms with Crippen molar-refractivity contribution in [2.24, 2.45) is 0 Å². The van der Waals surface area contributed by atoms with Gasteiger partial charge in [0.2, 0.25) is 0 Å². The average Bonchev–Trinajstić information content (AvgIpc) is 2.65. The number of benzene rings is 1. The second kappa shape index (κ2) is 3.66. The van der Waals surface area contributed by atoms with E-state index in [-0.39, 0.29) is 5.82 Å². The van der Waals surface area contributed by atoms with Crippen molar-refractivity contribution in [2.45, 2.75) is 38.0 Å². The van der Waals surface area contributed by atoms with Gasteiger partial charge >= 0.3 is 0 Å². The van der Waals surface area contributed by atoms with Crippen LogP contribution in [0.15, 0.2) is 18.2 Å². The van der Waals surface area contributed by atoms with Gasteiger partial charge in [0.15, 0.2) is 0 Å². The topological polar surface area (TPSA) is 23.8 Å². The number of hydrogen-bond acceptors (Lipinski definition) is 1. The van der Waals surface area contributed by atoms with Gasteiger partial charge in [0.1, 0.15) is 5.82 Å². The van der Waals surface area contributed by atoms with Crippen LogP contribution in [-0.2, 0) is 5.41 Å². The highest BCUT2D eigenvalue weighted by atomic mass is 19.1. The SMILES string of the molecule is Cc1cc(F)cc(C2(C#N)CCCC2)c1. The van der Waals surface area contributed by atoms with Crippen LogP contribution in [-0.4, -0.2) is 0 Å². The van der Waals surface area contributed by atoms with Gasteiger partial charge in [-0.15, -0.1) is 0 Å². The molecule has 0 aromatic heterocycles. The Kier molecular flexibility index (Phi) is 2.48. The Morgan fingerprint density at radius 1 is 1.27 bits per heavy atom. The fourth-order valence-electron chi connectivity index (χ4n) is 2.46. The molecular weight excluding hydrogens is 189 g/mol. The highest BCUT2D eigenvalue weighted by Gasteiger charge is 2.36. The van der Waals surface area contributed by atoms with E-state index in [0.717, 1.165) is 36.8 Å². The van der Waals surface area contributed by atoms with E-state index in [1.165, 1.54) is 12.1 Å². The highest BCUT2D eigenvalue weighted by molar-refractivity contribution is 5.36. The average molecular weight is 203 g/mol. The van der Waals surface area contributed by atoms with E-state index in [2.05, 4.69) is 6.07 Å². The fourth-order valence-corrected chi connectivity index (χ4v) is 2.46. The number of aryl methyl sites for hydroxylation is 1. The maximum atomic E-state index is 13.3. The Morgan fingerprint density at radius 3 is 2.47 bits per heavy atom. The molecule has 78 valence electrons. The van der Waals surface area contributed by atoms with E-state index in [0.29, 0.717) is 0 Å². The van der Waals surface area contributed by atoms with Crippen LogP contribution in [0, 0.1) is 24.1 Å². The van der Waals surface area contributed by atoms with E-state index in [9.17, 15) is 9.65 Å². The normalized spacial score (nSPS) is 18.7. The van der Waals surface area contributed by atoms with Crippen LogP contribution < -0.4 is 0 Å². The summed E-state index contributed by atoms with van der Waals surface area (Å²) < 4.78 is 13.3. The summed E-state index contributed by atoms with van der Waals surface area (Å²) in [6.07, 6.45) is 3.88. The van der Waals surface area contributed by atoms with Crippen molar-refractivity contribution in [3.8, 4) is 6.07 Å². The molecule has 0 spiro atoms. The lowest BCUT2D eigenvalue weighted by Crippen LogP contribution is -2.19. The van der Waals surface area contributed by atoms with Gasteiger partial charge in [0, 0.05) is 0 Å². The van der Waals surface area contributed by atoms with Crippen LogP contribution in [0.1, 0.15) is 36.8 Å². The summed E-state index contributed by atoms with van der Waals surface area (Å²) in [6, 6.07) is 7.34. The number of nitrogens with zero attached hydrogens (tertiary/aromatic N) is 1. The standard InChI is InChI=1S/C13H14FN/c1-10-6-11(8-12(14)7-10)13(9-15)4-2-3-5-13/h6-8H,2-5H2,1H3. The van der Waals surface area contributed by atoms with Crippen molar-refractivity contribution < 1.29 is 4.39 Å². The molecule has 1 aromatic carbocycles. The van der Waals surface area contributed by atoms with Crippen molar-refractivity contribution >= 4 is 0 Å². The van der Waals surface area contributed by atoms with Crippen LogP contribution in [0.5, 0.6) is 0 Å². The van der Waals surface area contributed by atoms with E-state index >= 15 is 0 Å². The molecule has 0 N–H and O–H groups in total. The second-order valence-electron chi connectivity index (χ2n) is 4.42. The summed E-state index contributed by atoms with van der Waals surface area (Å²) in [7, 11) is 0. The van der Waals surface area contributed by atoms with E-state index in [4.69, 9.17) is 0 Å². The van der Waals surface area contributed by atoms with Crippen LogP contribution >= 0.6 is 0 Å². The summed E-state index contributed by atoms with van der Waals surface area (Å²) in [4.78, 5) is 0. The zero-order valence-electron chi connectivity index (χ0n) is 8.89. The van der Waals surface area contributed by atoms with Gasteiger partial charge in [-0.1, -0.05) is 18.9 Å². The van der Waals surface area contributed by atoms with E-state index in [1.807, 2.05) is 13.0 Å². The van der Waals surface area contributed by atoms with Crippen molar-refractivity contribution in [2.75, 3.05) is 0 Å². The number of nitriles is 1. The van der Waals surface area contributed by atoms with E-state index < -0.39 is 5.41 Å². The molecule has 0 unspecified atom stereocenters. The Bertz CT molecular complexity index is 391. The molecule has 1 aromatic rings. The minimum absolute atomic E-state index is 0.230. The Labute approximate surface area is 89.5 Å². The lowest BCUT2D eigenvalue weighted by atomic mass is 9.80. The van der Waals surface area contributed by atoms with Crippen molar-refractivity contribution in [1.29, 1.82) is 5.26 Å². The highest BCUT2D eigenvalue weighted by Crippen LogP contribution is 2.40. The van der Waals surface area contributed by atoms with Gasteiger partial charge < -0.3 is 0 Å². The maximum Gasteiger partial charge on any atom is 0.123 e. The first kappa shape index (κ1) is 10.2. The summed E-state index contributed by atoms with van der Waals surface area (Å²) >= 11 is 0. The molecule has 15 heavy (non-hydrogen) atoms. The Hall–Kier alpha value is -1.36. The van der Waals surface area contributed by atoms with Crippen molar-refractivity contribution in [3.63, 3.8) is 0 Å². The van der Waals surface area contributed by atoms with Gasteiger partial charge in [-0.25, -0.2) is 4.39 Å². The molecule has 0 heterocycles. The first-order chi connectivity index (χ1) is 7.16. The molecule has 0 aliphatic heterocycles. The van der Waals surface area contributed by atoms with Crippen LogP contribution in [0.2, 0.25) is 0 Å². The number of hydrogen-bond donors (Lipinski definition) is 0. The van der Waals surface area contributed by atoms with Gasteiger partial charge in [0.05, 0.1) is 11.5 Å².